The maximum Gasteiger partial charge on any atom is 0.241 e. The van der Waals surface area contributed by atoms with Gasteiger partial charge in [-0.3, -0.25) is 0 Å². The molecule has 0 radical (unpaired) electrons. The molecular formula is C136H244B2Si12. The summed E-state index contributed by atoms with van der Waals surface area (Å²) < 4.78 is 0. The van der Waals surface area contributed by atoms with Crippen LogP contribution in [0.3, 0.4) is 0 Å². The Morgan fingerprint density at radius 2 is 0.253 bits per heavy atom. The topological polar surface area (TPSA) is 0 Å². The Balaban J connectivity index is 2.14. The lowest BCUT2D eigenvalue weighted by Gasteiger charge is -2.53. The van der Waals surface area contributed by atoms with Crippen LogP contribution in [0, 0.1) is 0 Å². The average molecular weight is 2240 g/mol. The maximum atomic E-state index is 3.22. The molecule has 0 aliphatic rings. The maximum absolute atomic E-state index is 3.22. The van der Waals surface area contributed by atoms with Crippen molar-refractivity contribution in [3.63, 3.8) is 0 Å². The van der Waals surface area contributed by atoms with Crippen molar-refractivity contribution >= 4 is 238 Å². The van der Waals surface area contributed by atoms with Gasteiger partial charge in [0.05, 0.1) is 96.9 Å². The van der Waals surface area contributed by atoms with E-state index in [0.29, 0.717) is 166 Å². The first-order valence-corrected chi connectivity index (χ1v) is 92.4. The Morgan fingerprint density at radius 3 is 0.373 bits per heavy atom. The molecule has 0 bridgehead atoms. The summed E-state index contributed by atoms with van der Waals surface area (Å²) in [6.07, 6.45) is 0. The molecule has 0 amide bonds. The number of rotatable bonds is 48. The van der Waals surface area contributed by atoms with E-state index in [0.717, 1.165) is 0 Å². The molecule has 0 atom stereocenters. The van der Waals surface area contributed by atoms with Gasteiger partial charge in [0, 0.05) is 0 Å². The summed E-state index contributed by atoms with van der Waals surface area (Å²) in [5.41, 5.74) is 25.3. The molecule has 0 fully saturated rings. The fraction of sp³-hybridized carbons (Fsp3) is 0.706. The second-order valence-electron chi connectivity index (χ2n) is 62.0. The van der Waals surface area contributed by atoms with E-state index in [1.807, 2.05) is 52.4 Å². The van der Waals surface area contributed by atoms with E-state index in [4.69, 9.17) is 0 Å². The minimum Gasteiger partial charge on any atom is -0.0700 e. The largest absolute Gasteiger partial charge is 0.241 e. The molecule has 0 aliphatic carbocycles. The second-order valence-corrected chi connectivity index (χ2v) is 131. The zero-order chi connectivity index (χ0) is 116. The van der Waals surface area contributed by atoms with Crippen LogP contribution in [0.25, 0.3) is 32.3 Å². The van der Waals surface area contributed by atoms with E-state index in [-0.39, 0.29) is 13.4 Å². The second kappa shape index (κ2) is 48.3. The van der Waals surface area contributed by atoms with Crippen LogP contribution in [0.2, 0.25) is 206 Å². The van der Waals surface area contributed by atoms with Crippen molar-refractivity contribution < 1.29 is 0 Å². The number of benzene rings is 8. The molecule has 0 saturated heterocycles. The van der Waals surface area contributed by atoms with Gasteiger partial charge < -0.3 is 0 Å². The van der Waals surface area contributed by atoms with Crippen LogP contribution in [-0.2, 0) is 0 Å². The van der Waals surface area contributed by atoms with Crippen LogP contribution in [-0.4, -0.2) is 110 Å². The van der Waals surface area contributed by atoms with Gasteiger partial charge in [-0.15, -0.1) is 0 Å². The summed E-state index contributed by atoms with van der Waals surface area (Å²) in [6.45, 7) is 182. The lowest BCUT2D eigenvalue weighted by molar-refractivity contribution is 0.829. The van der Waals surface area contributed by atoms with Gasteiger partial charge in [-0.2, -0.15) is 0 Å². The molecule has 8 rings (SSSR count). The Morgan fingerprint density at radius 1 is 0.140 bits per heavy atom. The van der Waals surface area contributed by atoms with Gasteiger partial charge in [0.15, 0.2) is 0 Å². The molecule has 842 valence electrons. The summed E-state index contributed by atoms with van der Waals surface area (Å²) >= 11 is 0. The van der Waals surface area contributed by atoms with Crippen LogP contribution >= 0.6 is 0 Å². The summed E-state index contributed by atoms with van der Waals surface area (Å²) in [5.74, 6) is 0. The molecule has 0 nitrogen and oxygen atoms in total. The van der Waals surface area contributed by atoms with E-state index >= 15 is 0 Å². The van der Waals surface area contributed by atoms with Crippen LogP contribution in [0.15, 0.2) is 97.1 Å². The summed E-state index contributed by atoms with van der Waals surface area (Å²) in [4.78, 5) is 0. The molecule has 0 aromatic heterocycles. The van der Waals surface area contributed by atoms with E-state index in [1.165, 1.54) is 32.3 Å². The third kappa shape index (κ3) is 20.5. The quantitative estimate of drug-likeness (QED) is 0.0263. The molecule has 0 unspecified atom stereocenters. The van der Waals surface area contributed by atoms with E-state index in [1.54, 1.807) is 42.6 Å². The van der Waals surface area contributed by atoms with Crippen molar-refractivity contribution in [2.75, 3.05) is 0 Å². The molecule has 0 spiro atoms. The minimum atomic E-state index is -2.81. The van der Waals surface area contributed by atoms with Gasteiger partial charge >= 0.3 is 0 Å². The molecule has 0 aliphatic heterocycles. The van der Waals surface area contributed by atoms with Gasteiger partial charge in [0.25, 0.3) is 0 Å². The molecule has 0 heterocycles. The highest BCUT2D eigenvalue weighted by atomic mass is 28.4. The van der Waals surface area contributed by atoms with E-state index in [2.05, 4.69) is 552 Å². The van der Waals surface area contributed by atoms with Crippen molar-refractivity contribution in [1.29, 1.82) is 0 Å². The first-order valence-electron chi connectivity index (χ1n) is 63.0. The van der Waals surface area contributed by atoms with Gasteiger partial charge in [-0.05, 0) is 199 Å². The highest BCUT2D eigenvalue weighted by molar-refractivity contribution is 7.18. The van der Waals surface area contributed by atoms with Crippen LogP contribution < -0.4 is 95.0 Å². The number of hydrogen-bond donors (Lipinski definition) is 0. The first kappa shape index (κ1) is 133. The predicted molar refractivity (Wildman–Crippen MR) is 738 cm³/mol. The Hall–Kier alpha value is -2.47. The van der Waals surface area contributed by atoms with E-state index in [9.17, 15) is 0 Å². The standard InChI is InChI=1S/C136H244B2Si12/c1-83(2)141(84(3)4,85(5)6)115-75-123(139(61,62)63)133(125(77-115)145(95(25)26,96(27)28)97(29)30)137(135-127(147(101(37)38,102(39)40)103(41)42)79-117(143(89(13)14,90(15)16)91(17)18)80-128(135)148(104(43)44,105(45)46)106(47)48)121-73-69-113-68-72-120-122(74-70-114-67-71-119(121)131(113)132(114)120)138(134-124(140(64,65)66)76-116(142(86(7)8,87(9)10)88(11)12)78-126(134)146(98(31)32,99(33)34)100(35)36)136-129(149(107(49)50,108(51)52)109(53)54)81-118(144(92(19)20,93(21)22)94(23)24)82-130(136)150(110(55)56,111(57)58)112(59)60/h67-112H,1-66H3. The van der Waals surface area contributed by atoms with Crippen LogP contribution in [0.1, 0.15) is 415 Å². The minimum absolute atomic E-state index is 0.0913. The normalized spacial score (nSPS) is 14.5. The van der Waals surface area contributed by atoms with Crippen LogP contribution in [0.4, 0.5) is 0 Å². The predicted octanol–water partition coefficient (Wildman–Crippen LogP) is 35.6. The van der Waals surface area contributed by atoms with E-state index < -0.39 is 96.9 Å². The lowest BCUT2D eigenvalue weighted by Crippen LogP contribution is -2.81. The average Bonchev–Trinajstić information content (AvgIpc) is 0.685. The van der Waals surface area contributed by atoms with Crippen molar-refractivity contribution in [3.8, 4) is 0 Å². The number of hydrogen-bond acceptors (Lipinski definition) is 0. The Bertz CT molecular complexity index is 5170. The zero-order valence-electron chi connectivity index (χ0n) is 112. The van der Waals surface area contributed by atoms with Gasteiger partial charge in [0.1, 0.15) is 0 Å². The van der Waals surface area contributed by atoms with Gasteiger partial charge in [-0.25, -0.2) is 0 Å². The highest BCUT2D eigenvalue weighted by Gasteiger charge is 2.63. The fourth-order valence-electron chi connectivity index (χ4n) is 42.1. The zero-order valence-corrected chi connectivity index (χ0v) is 124. The lowest BCUT2D eigenvalue weighted by atomic mass is 9.35. The highest BCUT2D eigenvalue weighted by Crippen LogP contribution is 2.54. The smallest absolute Gasteiger partial charge is 0.0700 e. The Labute approximate surface area is 947 Å². The van der Waals surface area contributed by atoms with Crippen molar-refractivity contribution in [1.82, 2.24) is 0 Å². The molecular weight excluding hydrogens is 1990 g/mol. The SMILES string of the molecule is CC(C)[Si](c1cc([Si](C)(C)C)c(B(c2c([Si](C(C)C)(C(C)C)C(C)C)cc([Si](C(C)C)(C(C)C)C(C)C)cc2[Si](C(C)C)(C(C)C)C(C)C)c2ccc3ccc4c(B(c5c([Si](C)(C)C)cc([Si](C(C)C)(C(C)C)C(C)C)cc5[Si](C(C)C)(C(C)C)C(C)C)c5c([Si](C(C)C)(C(C)C)C(C)C)cc([Si](C(C)C)(C(C)C)C(C)C)cc5[Si](C(C)C)(C(C)C)C(C)C)ccc5ccc2c3c54)c([Si](C(C)C)(C(C)C)C(C)C)c1)(C(C)C)C(C)C. The molecule has 0 N–H and O–H groups in total. The third-order valence-electron chi connectivity index (χ3n) is 45.3. The monoisotopic (exact) mass is 2240 g/mol. The molecule has 8 aromatic rings. The summed E-state index contributed by atoms with van der Waals surface area (Å²) in [7, 11) is -31.6. The summed E-state index contributed by atoms with van der Waals surface area (Å²) in [6, 6.07) is 48.2. The summed E-state index contributed by atoms with van der Waals surface area (Å²) in [5, 5.41) is 30.9. The molecule has 8 aromatic carbocycles. The third-order valence-corrected chi connectivity index (χ3v) is 120. The molecule has 0 saturated carbocycles. The first-order chi connectivity index (χ1) is 68.6. The van der Waals surface area contributed by atoms with Crippen molar-refractivity contribution in [3.05, 3.63) is 97.1 Å². The van der Waals surface area contributed by atoms with Gasteiger partial charge in [0.2, 0.25) is 13.4 Å². The van der Waals surface area contributed by atoms with Crippen LogP contribution in [0.5, 0.6) is 0 Å². The van der Waals surface area contributed by atoms with Gasteiger partial charge in [-0.1, -0.05) is 647 Å². The molecule has 150 heavy (non-hydrogen) atoms. The Kier molecular flexibility index (Phi) is 42.7. The molecule has 14 heteroatoms. The van der Waals surface area contributed by atoms with Crippen molar-refractivity contribution in [2.45, 2.75) is 621 Å². The fourth-order valence-corrected chi connectivity index (χ4v) is 116. The van der Waals surface area contributed by atoms with Crippen molar-refractivity contribution in [2.24, 2.45) is 0 Å².